The van der Waals surface area contributed by atoms with Crippen LogP contribution in [0.15, 0.2) is 34.9 Å². The van der Waals surface area contributed by atoms with Gasteiger partial charge in [-0.1, -0.05) is 11.2 Å². The first-order chi connectivity index (χ1) is 12.7. The van der Waals surface area contributed by atoms with Crippen LogP contribution in [0.4, 0.5) is 0 Å². The molecule has 1 saturated heterocycles. The van der Waals surface area contributed by atoms with Crippen molar-refractivity contribution in [3.63, 3.8) is 0 Å². The van der Waals surface area contributed by atoms with Crippen molar-refractivity contribution in [2.45, 2.75) is 31.9 Å². The number of hydrogen-bond acceptors (Lipinski definition) is 6. The summed E-state index contributed by atoms with van der Waals surface area (Å²) in [7, 11) is 1.58. The van der Waals surface area contributed by atoms with Crippen LogP contribution in [0.3, 0.4) is 0 Å². The SMILES string of the molecule is COc1cccc(OCc2cc(C(=O)N[C@H]3CCCCNC3=O)no2)c1. The number of aromatic nitrogens is 1. The molecule has 2 N–H and O–H groups in total. The molecule has 0 aliphatic carbocycles. The molecule has 26 heavy (non-hydrogen) atoms. The van der Waals surface area contributed by atoms with Gasteiger partial charge in [-0.15, -0.1) is 0 Å². The maximum absolute atomic E-state index is 12.3. The molecule has 1 aromatic carbocycles. The van der Waals surface area contributed by atoms with E-state index in [1.165, 1.54) is 6.07 Å². The molecule has 1 atom stereocenters. The Morgan fingerprint density at radius 3 is 3.04 bits per heavy atom. The summed E-state index contributed by atoms with van der Waals surface area (Å²) in [6.07, 6.45) is 2.40. The molecule has 0 unspecified atom stereocenters. The van der Waals surface area contributed by atoms with Gasteiger partial charge in [0.05, 0.1) is 7.11 Å². The van der Waals surface area contributed by atoms with Gasteiger partial charge in [-0.05, 0) is 31.4 Å². The molecule has 1 aromatic heterocycles. The number of benzene rings is 1. The number of nitrogens with one attached hydrogen (secondary N) is 2. The molecule has 1 aliphatic rings. The topological polar surface area (TPSA) is 103 Å². The number of carbonyl (C=O) groups excluding carboxylic acids is 2. The van der Waals surface area contributed by atoms with Gasteiger partial charge in [-0.25, -0.2) is 0 Å². The van der Waals surface area contributed by atoms with Gasteiger partial charge in [0.1, 0.15) is 24.1 Å². The van der Waals surface area contributed by atoms with Gasteiger partial charge < -0.3 is 24.6 Å². The van der Waals surface area contributed by atoms with Crippen LogP contribution in [-0.4, -0.2) is 36.7 Å². The zero-order valence-electron chi connectivity index (χ0n) is 14.5. The van der Waals surface area contributed by atoms with Gasteiger partial charge in [0.15, 0.2) is 11.5 Å². The van der Waals surface area contributed by atoms with Gasteiger partial charge in [0, 0.05) is 18.7 Å². The normalized spacial score (nSPS) is 17.1. The fourth-order valence-corrected chi connectivity index (χ4v) is 2.64. The molecule has 2 amide bonds. The van der Waals surface area contributed by atoms with E-state index in [4.69, 9.17) is 14.0 Å². The number of ether oxygens (including phenoxy) is 2. The lowest BCUT2D eigenvalue weighted by molar-refractivity contribution is -0.122. The summed E-state index contributed by atoms with van der Waals surface area (Å²) in [5.41, 5.74) is 0.117. The Labute approximate surface area is 150 Å². The summed E-state index contributed by atoms with van der Waals surface area (Å²) in [4.78, 5) is 24.2. The minimum absolute atomic E-state index is 0.117. The highest BCUT2D eigenvalue weighted by atomic mass is 16.5. The highest BCUT2D eigenvalue weighted by Crippen LogP contribution is 2.20. The third kappa shape index (κ3) is 4.53. The van der Waals surface area contributed by atoms with Crippen molar-refractivity contribution < 1.29 is 23.6 Å². The van der Waals surface area contributed by atoms with Crippen molar-refractivity contribution in [3.8, 4) is 11.5 Å². The van der Waals surface area contributed by atoms with E-state index in [1.54, 1.807) is 19.2 Å². The Morgan fingerprint density at radius 1 is 1.35 bits per heavy atom. The molecule has 0 saturated carbocycles. The number of hydrogen-bond donors (Lipinski definition) is 2. The Morgan fingerprint density at radius 2 is 2.19 bits per heavy atom. The summed E-state index contributed by atoms with van der Waals surface area (Å²) in [5.74, 6) is 1.09. The van der Waals surface area contributed by atoms with Crippen LogP contribution in [-0.2, 0) is 11.4 Å². The minimum Gasteiger partial charge on any atom is -0.497 e. The maximum atomic E-state index is 12.3. The molecule has 1 aliphatic heterocycles. The molecule has 0 bridgehead atoms. The first-order valence-electron chi connectivity index (χ1n) is 8.47. The van der Waals surface area contributed by atoms with E-state index in [1.807, 2.05) is 12.1 Å². The van der Waals surface area contributed by atoms with Crippen molar-refractivity contribution in [2.75, 3.05) is 13.7 Å². The largest absolute Gasteiger partial charge is 0.497 e. The second-order valence-corrected chi connectivity index (χ2v) is 5.96. The van der Waals surface area contributed by atoms with Gasteiger partial charge >= 0.3 is 0 Å². The Bertz CT molecular complexity index is 774. The first kappa shape index (κ1) is 17.8. The predicted octanol–water partition coefficient (Wildman–Crippen LogP) is 1.66. The van der Waals surface area contributed by atoms with Crippen LogP contribution in [0.5, 0.6) is 11.5 Å². The van der Waals surface area contributed by atoms with Crippen LogP contribution in [0.1, 0.15) is 35.5 Å². The maximum Gasteiger partial charge on any atom is 0.274 e. The van der Waals surface area contributed by atoms with Crippen molar-refractivity contribution in [3.05, 3.63) is 41.8 Å². The molecule has 3 rings (SSSR count). The first-order valence-corrected chi connectivity index (χ1v) is 8.47. The molecule has 8 nitrogen and oxygen atoms in total. The average Bonchev–Trinajstić information content (AvgIpc) is 3.05. The molecule has 0 radical (unpaired) electrons. The fraction of sp³-hybridized carbons (Fsp3) is 0.389. The lowest BCUT2D eigenvalue weighted by Crippen LogP contribution is -2.45. The second kappa shape index (κ2) is 8.37. The van der Waals surface area contributed by atoms with E-state index in [-0.39, 0.29) is 18.2 Å². The highest BCUT2D eigenvalue weighted by Gasteiger charge is 2.24. The Hall–Kier alpha value is -3.03. The molecule has 8 heteroatoms. The number of amides is 2. The lowest BCUT2D eigenvalue weighted by Gasteiger charge is -2.13. The number of nitrogens with zero attached hydrogens (tertiary/aromatic N) is 1. The summed E-state index contributed by atoms with van der Waals surface area (Å²) in [6.45, 7) is 0.762. The number of rotatable bonds is 6. The predicted molar refractivity (Wildman–Crippen MR) is 91.9 cm³/mol. The van der Waals surface area contributed by atoms with Crippen molar-refractivity contribution >= 4 is 11.8 Å². The van der Waals surface area contributed by atoms with Crippen LogP contribution in [0.2, 0.25) is 0 Å². The van der Waals surface area contributed by atoms with Gasteiger partial charge in [-0.3, -0.25) is 9.59 Å². The molecular weight excluding hydrogens is 338 g/mol. The summed E-state index contributed by atoms with van der Waals surface area (Å²) >= 11 is 0. The lowest BCUT2D eigenvalue weighted by atomic mass is 10.1. The van der Waals surface area contributed by atoms with E-state index in [0.29, 0.717) is 30.2 Å². The molecule has 2 aromatic rings. The minimum atomic E-state index is -0.543. The van der Waals surface area contributed by atoms with Crippen LogP contribution in [0, 0.1) is 0 Å². The standard InChI is InChI=1S/C18H21N3O5/c1-24-12-5-4-6-13(9-12)25-11-14-10-16(21-26-14)18(23)20-15-7-2-3-8-19-17(15)22/h4-6,9-10,15H,2-3,7-8,11H2,1H3,(H,19,22)(H,20,23)/t15-/m0/s1. The van der Waals surface area contributed by atoms with Gasteiger partial charge in [-0.2, -0.15) is 0 Å². The van der Waals surface area contributed by atoms with Gasteiger partial charge in [0.25, 0.3) is 5.91 Å². The molecule has 0 spiro atoms. The van der Waals surface area contributed by atoms with E-state index >= 15 is 0 Å². The highest BCUT2D eigenvalue weighted by molar-refractivity contribution is 5.96. The summed E-state index contributed by atoms with van der Waals surface area (Å²) in [6, 6.07) is 8.12. The third-order valence-electron chi connectivity index (χ3n) is 4.05. The van der Waals surface area contributed by atoms with E-state index in [9.17, 15) is 9.59 Å². The van der Waals surface area contributed by atoms with Crippen molar-refractivity contribution in [1.82, 2.24) is 15.8 Å². The molecular formula is C18H21N3O5. The fourth-order valence-electron chi connectivity index (χ4n) is 2.64. The third-order valence-corrected chi connectivity index (χ3v) is 4.05. The van der Waals surface area contributed by atoms with E-state index in [0.717, 1.165) is 12.8 Å². The molecule has 2 heterocycles. The van der Waals surface area contributed by atoms with Gasteiger partial charge in [0.2, 0.25) is 5.91 Å². The molecule has 1 fully saturated rings. The Balaban J connectivity index is 1.56. The van der Waals surface area contributed by atoms with E-state index in [2.05, 4.69) is 15.8 Å². The van der Waals surface area contributed by atoms with Crippen LogP contribution < -0.4 is 20.1 Å². The van der Waals surface area contributed by atoms with Crippen molar-refractivity contribution in [1.29, 1.82) is 0 Å². The number of carbonyl (C=O) groups is 2. The Kier molecular flexibility index (Phi) is 5.73. The van der Waals surface area contributed by atoms with E-state index < -0.39 is 11.9 Å². The average molecular weight is 359 g/mol. The zero-order valence-corrected chi connectivity index (χ0v) is 14.5. The monoisotopic (exact) mass is 359 g/mol. The quantitative estimate of drug-likeness (QED) is 0.813. The second-order valence-electron chi connectivity index (χ2n) is 5.96. The zero-order chi connectivity index (χ0) is 18.4. The number of methoxy groups -OCH3 is 1. The van der Waals surface area contributed by atoms with Crippen LogP contribution in [0.25, 0.3) is 0 Å². The van der Waals surface area contributed by atoms with Crippen LogP contribution >= 0.6 is 0 Å². The summed E-state index contributed by atoms with van der Waals surface area (Å²) < 4.78 is 15.9. The smallest absolute Gasteiger partial charge is 0.274 e. The van der Waals surface area contributed by atoms with Crippen molar-refractivity contribution in [2.24, 2.45) is 0 Å². The molecule has 138 valence electrons. The summed E-state index contributed by atoms with van der Waals surface area (Å²) in [5, 5.41) is 9.23.